The second-order valence-electron chi connectivity index (χ2n) is 5.37. The summed E-state index contributed by atoms with van der Waals surface area (Å²) in [4.78, 5) is 16.7. The SMILES string of the molecule is CCNC(=O)c1cccc(C)c1OCc1csc([C@H](C)OCC)n1. The van der Waals surface area contributed by atoms with E-state index < -0.39 is 0 Å². The maximum absolute atomic E-state index is 12.2. The van der Waals surface area contributed by atoms with E-state index in [0.717, 1.165) is 16.3 Å². The third-order valence-electron chi connectivity index (χ3n) is 3.49. The van der Waals surface area contributed by atoms with Crippen molar-refractivity contribution in [3.05, 3.63) is 45.4 Å². The highest BCUT2D eigenvalue weighted by molar-refractivity contribution is 7.09. The van der Waals surface area contributed by atoms with Gasteiger partial charge in [0.2, 0.25) is 0 Å². The molecule has 1 N–H and O–H groups in total. The molecule has 0 unspecified atom stereocenters. The normalized spacial score (nSPS) is 12.0. The summed E-state index contributed by atoms with van der Waals surface area (Å²) in [6.45, 7) is 9.35. The average molecular weight is 348 g/mol. The zero-order chi connectivity index (χ0) is 17.5. The van der Waals surface area contributed by atoms with E-state index in [-0.39, 0.29) is 12.0 Å². The molecule has 6 heteroatoms. The highest BCUT2D eigenvalue weighted by Gasteiger charge is 2.15. The van der Waals surface area contributed by atoms with Gasteiger partial charge in [-0.1, -0.05) is 12.1 Å². The number of hydrogen-bond acceptors (Lipinski definition) is 5. The van der Waals surface area contributed by atoms with Gasteiger partial charge in [-0.05, 0) is 39.3 Å². The first kappa shape index (κ1) is 18.4. The molecule has 1 amide bonds. The van der Waals surface area contributed by atoms with Crippen molar-refractivity contribution >= 4 is 17.2 Å². The fourth-order valence-electron chi connectivity index (χ4n) is 2.32. The fraction of sp³-hybridized carbons (Fsp3) is 0.444. The molecule has 5 nitrogen and oxygen atoms in total. The van der Waals surface area contributed by atoms with Crippen LogP contribution in [0.4, 0.5) is 0 Å². The Kier molecular flexibility index (Phi) is 6.75. The summed E-state index contributed by atoms with van der Waals surface area (Å²) in [5.74, 6) is 0.482. The monoisotopic (exact) mass is 348 g/mol. The quantitative estimate of drug-likeness (QED) is 0.786. The molecule has 2 aromatic rings. The molecular weight excluding hydrogens is 324 g/mol. The molecule has 1 atom stereocenters. The van der Waals surface area contributed by atoms with Gasteiger partial charge in [-0.2, -0.15) is 0 Å². The first-order valence-corrected chi connectivity index (χ1v) is 9.01. The summed E-state index contributed by atoms with van der Waals surface area (Å²) < 4.78 is 11.5. The number of amides is 1. The summed E-state index contributed by atoms with van der Waals surface area (Å²) in [6.07, 6.45) is -0.0156. The van der Waals surface area contributed by atoms with E-state index >= 15 is 0 Å². The molecule has 2 rings (SSSR count). The number of thiazole rings is 1. The first-order chi connectivity index (χ1) is 11.6. The maximum Gasteiger partial charge on any atom is 0.255 e. The van der Waals surface area contributed by atoms with Crippen molar-refractivity contribution in [2.75, 3.05) is 13.2 Å². The van der Waals surface area contributed by atoms with Crippen LogP contribution in [-0.2, 0) is 11.3 Å². The lowest BCUT2D eigenvalue weighted by Crippen LogP contribution is -2.23. The smallest absolute Gasteiger partial charge is 0.255 e. The summed E-state index contributed by atoms with van der Waals surface area (Å²) >= 11 is 1.56. The molecule has 0 aliphatic rings. The van der Waals surface area contributed by atoms with E-state index in [0.29, 0.717) is 31.1 Å². The number of ether oxygens (including phenoxy) is 2. The molecule has 0 aliphatic carbocycles. The highest BCUT2D eigenvalue weighted by Crippen LogP contribution is 2.26. The molecule has 0 fully saturated rings. The van der Waals surface area contributed by atoms with Crippen LogP contribution in [-0.4, -0.2) is 24.0 Å². The number of nitrogens with zero attached hydrogens (tertiary/aromatic N) is 1. The number of aromatic nitrogens is 1. The minimum atomic E-state index is -0.125. The van der Waals surface area contributed by atoms with Crippen LogP contribution < -0.4 is 10.1 Å². The molecule has 0 aliphatic heterocycles. The number of benzene rings is 1. The van der Waals surface area contributed by atoms with Gasteiger partial charge >= 0.3 is 0 Å². The van der Waals surface area contributed by atoms with E-state index in [2.05, 4.69) is 10.3 Å². The lowest BCUT2D eigenvalue weighted by Gasteiger charge is -2.13. The number of aryl methyl sites for hydroxylation is 1. The Labute approximate surface area is 147 Å². The van der Waals surface area contributed by atoms with Gasteiger partial charge in [0.25, 0.3) is 5.91 Å². The van der Waals surface area contributed by atoms with Crippen LogP contribution in [0.15, 0.2) is 23.6 Å². The Morgan fingerprint density at radius 2 is 2.17 bits per heavy atom. The maximum atomic E-state index is 12.2. The van der Waals surface area contributed by atoms with Crippen LogP contribution in [0, 0.1) is 6.92 Å². The number of rotatable bonds is 8. The second-order valence-corrected chi connectivity index (χ2v) is 6.26. The van der Waals surface area contributed by atoms with Gasteiger partial charge in [0.15, 0.2) is 0 Å². The van der Waals surface area contributed by atoms with Gasteiger partial charge in [0.05, 0.1) is 11.3 Å². The lowest BCUT2D eigenvalue weighted by molar-refractivity contribution is 0.0760. The lowest BCUT2D eigenvalue weighted by atomic mass is 10.1. The molecule has 0 spiro atoms. The predicted molar refractivity (Wildman–Crippen MR) is 95.7 cm³/mol. The van der Waals surface area contributed by atoms with Crippen LogP contribution in [0.2, 0.25) is 0 Å². The van der Waals surface area contributed by atoms with Gasteiger partial charge in [-0.25, -0.2) is 4.98 Å². The molecule has 130 valence electrons. The van der Waals surface area contributed by atoms with Crippen LogP contribution in [0.1, 0.15) is 53.5 Å². The topological polar surface area (TPSA) is 60.5 Å². The van der Waals surface area contributed by atoms with Crippen molar-refractivity contribution in [3.8, 4) is 5.75 Å². The predicted octanol–water partition coefficient (Wildman–Crippen LogP) is 3.88. The summed E-state index contributed by atoms with van der Waals surface area (Å²) in [7, 11) is 0. The number of carbonyl (C=O) groups excluding carboxylic acids is 1. The molecule has 0 saturated carbocycles. The van der Waals surface area contributed by atoms with Gasteiger partial charge in [0, 0.05) is 18.5 Å². The van der Waals surface area contributed by atoms with Gasteiger partial charge in [-0.15, -0.1) is 11.3 Å². The Hall–Kier alpha value is -1.92. The summed E-state index contributed by atoms with van der Waals surface area (Å²) in [5, 5.41) is 5.71. The largest absolute Gasteiger partial charge is 0.486 e. The van der Waals surface area contributed by atoms with Crippen LogP contribution >= 0.6 is 11.3 Å². The highest BCUT2D eigenvalue weighted by atomic mass is 32.1. The van der Waals surface area contributed by atoms with Crippen LogP contribution in [0.3, 0.4) is 0 Å². The second kappa shape index (κ2) is 8.80. The molecule has 0 radical (unpaired) electrons. The first-order valence-electron chi connectivity index (χ1n) is 8.13. The standard InChI is InChI=1S/C18H24N2O3S/c1-5-19-17(21)15-9-7-8-12(3)16(15)23-10-14-11-24-18(20-14)13(4)22-6-2/h7-9,11,13H,5-6,10H2,1-4H3,(H,19,21)/t13-/m0/s1. The number of hydrogen-bond donors (Lipinski definition) is 1. The van der Waals surface area contributed by atoms with Crippen molar-refractivity contribution in [1.82, 2.24) is 10.3 Å². The van der Waals surface area contributed by atoms with Crippen LogP contribution in [0.5, 0.6) is 5.75 Å². The number of carbonyl (C=O) groups is 1. The van der Waals surface area contributed by atoms with E-state index in [1.807, 2.05) is 45.2 Å². The Bertz CT molecular complexity index is 685. The minimum Gasteiger partial charge on any atom is -0.486 e. The molecule has 24 heavy (non-hydrogen) atoms. The van der Waals surface area contributed by atoms with Crippen molar-refractivity contribution in [3.63, 3.8) is 0 Å². The fourth-order valence-corrected chi connectivity index (χ4v) is 3.13. The Balaban J connectivity index is 2.10. The summed E-state index contributed by atoms with van der Waals surface area (Å²) in [5.41, 5.74) is 2.32. The zero-order valence-corrected chi connectivity index (χ0v) is 15.4. The molecule has 1 aromatic heterocycles. The third-order valence-corrected chi connectivity index (χ3v) is 4.55. The van der Waals surface area contributed by atoms with Crippen molar-refractivity contribution in [1.29, 1.82) is 0 Å². The minimum absolute atomic E-state index is 0.0156. The van der Waals surface area contributed by atoms with Crippen molar-refractivity contribution < 1.29 is 14.3 Å². The van der Waals surface area contributed by atoms with Crippen molar-refractivity contribution in [2.24, 2.45) is 0 Å². The third kappa shape index (κ3) is 4.55. The van der Waals surface area contributed by atoms with E-state index in [4.69, 9.17) is 9.47 Å². The number of para-hydroxylation sites is 1. The number of nitrogens with one attached hydrogen (secondary N) is 1. The Morgan fingerprint density at radius 1 is 1.38 bits per heavy atom. The van der Waals surface area contributed by atoms with Crippen LogP contribution in [0.25, 0.3) is 0 Å². The van der Waals surface area contributed by atoms with Gasteiger partial charge in [-0.3, -0.25) is 4.79 Å². The molecule has 0 bridgehead atoms. The zero-order valence-electron chi connectivity index (χ0n) is 14.6. The van der Waals surface area contributed by atoms with E-state index in [1.54, 1.807) is 17.4 Å². The Morgan fingerprint density at radius 3 is 2.88 bits per heavy atom. The average Bonchev–Trinajstić information content (AvgIpc) is 3.03. The van der Waals surface area contributed by atoms with Gasteiger partial charge < -0.3 is 14.8 Å². The molecule has 1 heterocycles. The van der Waals surface area contributed by atoms with E-state index in [1.165, 1.54) is 0 Å². The van der Waals surface area contributed by atoms with Crippen molar-refractivity contribution in [2.45, 2.75) is 40.4 Å². The summed E-state index contributed by atoms with van der Waals surface area (Å²) in [6, 6.07) is 5.57. The molecule has 0 saturated heterocycles. The van der Waals surface area contributed by atoms with Gasteiger partial charge in [0.1, 0.15) is 23.5 Å². The molecular formula is C18H24N2O3S. The molecule has 1 aromatic carbocycles. The van der Waals surface area contributed by atoms with E-state index in [9.17, 15) is 4.79 Å².